The number of hydrogen-bond donors (Lipinski definition) is 1. The van der Waals surface area contributed by atoms with Gasteiger partial charge in [-0.05, 0) is 42.4 Å². The lowest BCUT2D eigenvalue weighted by Crippen LogP contribution is -2.16. The first kappa shape index (κ1) is 15.7. The Labute approximate surface area is 126 Å². The lowest BCUT2D eigenvalue weighted by Gasteiger charge is -2.25. The second-order valence-electron chi connectivity index (χ2n) is 5.72. The summed E-state index contributed by atoms with van der Waals surface area (Å²) in [7, 11) is 3.25. The largest absolute Gasteiger partial charge is 0.493 e. The Bertz CT molecular complexity index is 484. The third kappa shape index (κ3) is 3.90. The molecule has 0 radical (unpaired) electrons. The molecular formula is C17H24O4. The zero-order chi connectivity index (χ0) is 15.2. The lowest BCUT2D eigenvalue weighted by molar-refractivity contribution is -0.138. The fourth-order valence-corrected chi connectivity index (χ4v) is 3.38. The summed E-state index contributed by atoms with van der Waals surface area (Å²) in [6.07, 6.45) is 5.77. The molecule has 0 amide bonds. The van der Waals surface area contributed by atoms with Crippen molar-refractivity contribution in [2.75, 3.05) is 14.2 Å². The van der Waals surface area contributed by atoms with Crippen LogP contribution in [0.15, 0.2) is 18.2 Å². The molecule has 116 valence electrons. The molecule has 1 aliphatic carbocycles. The fraction of sp³-hybridized carbons (Fsp3) is 0.588. The van der Waals surface area contributed by atoms with Gasteiger partial charge in [-0.15, -0.1) is 0 Å². The molecule has 0 saturated heterocycles. The predicted octanol–water partition coefficient (Wildman–Crippen LogP) is 3.84. The van der Waals surface area contributed by atoms with Crippen molar-refractivity contribution in [1.82, 2.24) is 0 Å². The normalized spacial score (nSPS) is 22.4. The Morgan fingerprint density at radius 2 is 1.86 bits per heavy atom. The average molecular weight is 292 g/mol. The van der Waals surface area contributed by atoms with E-state index in [9.17, 15) is 4.79 Å². The first-order valence-corrected chi connectivity index (χ1v) is 7.59. The molecule has 0 spiro atoms. The van der Waals surface area contributed by atoms with Crippen molar-refractivity contribution in [1.29, 1.82) is 0 Å². The van der Waals surface area contributed by atoms with Crippen molar-refractivity contribution in [3.8, 4) is 11.5 Å². The fourth-order valence-electron chi connectivity index (χ4n) is 3.38. The molecule has 2 rings (SSSR count). The average Bonchev–Trinajstić information content (AvgIpc) is 2.71. The van der Waals surface area contributed by atoms with Crippen LogP contribution in [0.2, 0.25) is 0 Å². The summed E-state index contributed by atoms with van der Waals surface area (Å²) in [5.74, 6) is 1.23. The molecule has 4 heteroatoms. The highest BCUT2D eigenvalue weighted by atomic mass is 16.5. The second-order valence-corrected chi connectivity index (χ2v) is 5.72. The van der Waals surface area contributed by atoms with E-state index in [1.54, 1.807) is 14.2 Å². The summed E-state index contributed by atoms with van der Waals surface area (Å²) in [6.45, 7) is 0. The van der Waals surface area contributed by atoms with Crippen molar-refractivity contribution in [3.05, 3.63) is 23.8 Å². The first-order valence-electron chi connectivity index (χ1n) is 7.59. The van der Waals surface area contributed by atoms with Gasteiger partial charge >= 0.3 is 5.97 Å². The smallest absolute Gasteiger partial charge is 0.303 e. The van der Waals surface area contributed by atoms with Crippen molar-refractivity contribution in [2.45, 2.75) is 44.4 Å². The van der Waals surface area contributed by atoms with Gasteiger partial charge in [-0.1, -0.05) is 25.3 Å². The van der Waals surface area contributed by atoms with Crippen molar-refractivity contribution in [3.63, 3.8) is 0 Å². The second kappa shape index (κ2) is 7.34. The van der Waals surface area contributed by atoms with E-state index < -0.39 is 5.97 Å². The van der Waals surface area contributed by atoms with E-state index in [0.717, 1.165) is 25.7 Å². The molecule has 1 aromatic carbocycles. The number of methoxy groups -OCH3 is 2. The minimum absolute atomic E-state index is 0.211. The van der Waals surface area contributed by atoms with E-state index in [-0.39, 0.29) is 12.3 Å². The van der Waals surface area contributed by atoms with E-state index >= 15 is 0 Å². The molecular weight excluding hydrogens is 268 g/mol. The van der Waals surface area contributed by atoms with Crippen molar-refractivity contribution < 1.29 is 19.4 Å². The third-order valence-electron chi connectivity index (χ3n) is 4.43. The summed E-state index contributed by atoms with van der Waals surface area (Å²) in [4.78, 5) is 11.1. The molecule has 4 nitrogen and oxygen atoms in total. The van der Waals surface area contributed by atoms with Gasteiger partial charge in [0.05, 0.1) is 14.2 Å². The Hall–Kier alpha value is -1.71. The van der Waals surface area contributed by atoms with Crippen LogP contribution in [0.5, 0.6) is 11.5 Å². The van der Waals surface area contributed by atoms with Crippen LogP contribution in [0.1, 0.15) is 50.0 Å². The number of hydrogen-bond acceptors (Lipinski definition) is 3. The van der Waals surface area contributed by atoms with Gasteiger partial charge in [0.2, 0.25) is 0 Å². The highest BCUT2D eigenvalue weighted by molar-refractivity contribution is 5.67. The zero-order valence-electron chi connectivity index (χ0n) is 12.8. The van der Waals surface area contributed by atoms with E-state index in [1.165, 1.54) is 12.0 Å². The summed E-state index contributed by atoms with van der Waals surface area (Å²) >= 11 is 0. The van der Waals surface area contributed by atoms with Gasteiger partial charge in [0.1, 0.15) is 0 Å². The van der Waals surface area contributed by atoms with Crippen LogP contribution < -0.4 is 9.47 Å². The number of ether oxygens (including phenoxy) is 2. The molecule has 21 heavy (non-hydrogen) atoms. The number of rotatable bonds is 5. The van der Waals surface area contributed by atoms with Crippen LogP contribution in [-0.4, -0.2) is 25.3 Å². The number of carboxylic acid groups (broad SMARTS) is 1. The lowest BCUT2D eigenvalue weighted by atomic mass is 9.80. The summed E-state index contributed by atoms with van der Waals surface area (Å²) in [5, 5.41) is 9.16. The highest BCUT2D eigenvalue weighted by Crippen LogP contribution is 2.41. The zero-order valence-corrected chi connectivity index (χ0v) is 12.8. The quantitative estimate of drug-likeness (QED) is 0.838. The topological polar surface area (TPSA) is 55.8 Å². The van der Waals surface area contributed by atoms with E-state index in [0.29, 0.717) is 17.4 Å². The summed E-state index contributed by atoms with van der Waals surface area (Å²) in [6, 6.07) is 5.97. The van der Waals surface area contributed by atoms with E-state index in [2.05, 4.69) is 0 Å². The minimum atomic E-state index is -0.702. The number of carbonyl (C=O) groups is 1. The standard InChI is InChI=1S/C17H24O4/c1-20-15-9-8-13(10-16(15)21-2)14-7-5-3-4-6-12(14)11-17(18)19/h8-10,12,14H,3-7,11H2,1-2H3,(H,18,19). The maximum absolute atomic E-state index is 11.1. The van der Waals surface area contributed by atoms with Crippen LogP contribution >= 0.6 is 0 Å². The maximum atomic E-state index is 11.1. The first-order chi connectivity index (χ1) is 10.2. The maximum Gasteiger partial charge on any atom is 0.303 e. The number of carboxylic acids is 1. The summed E-state index contributed by atoms with van der Waals surface area (Å²) in [5.41, 5.74) is 1.17. The van der Waals surface area contributed by atoms with Gasteiger partial charge < -0.3 is 14.6 Å². The molecule has 1 saturated carbocycles. The Kier molecular flexibility index (Phi) is 5.48. The SMILES string of the molecule is COc1ccc(C2CCCCCC2CC(=O)O)cc1OC. The molecule has 1 aromatic rings. The van der Waals surface area contributed by atoms with Gasteiger partial charge in [0, 0.05) is 6.42 Å². The molecule has 2 atom stereocenters. The van der Waals surface area contributed by atoms with Crippen molar-refractivity contribution in [2.24, 2.45) is 5.92 Å². The van der Waals surface area contributed by atoms with Crippen LogP contribution in [0.25, 0.3) is 0 Å². The number of aliphatic carboxylic acids is 1. The van der Waals surface area contributed by atoms with Crippen LogP contribution in [-0.2, 0) is 4.79 Å². The molecule has 0 bridgehead atoms. The predicted molar refractivity (Wildman–Crippen MR) is 81.1 cm³/mol. The van der Waals surface area contributed by atoms with Gasteiger partial charge in [-0.2, -0.15) is 0 Å². The molecule has 0 aliphatic heterocycles. The molecule has 0 heterocycles. The molecule has 1 aliphatic rings. The summed E-state index contributed by atoms with van der Waals surface area (Å²) < 4.78 is 10.6. The van der Waals surface area contributed by atoms with Crippen LogP contribution in [0.3, 0.4) is 0 Å². The minimum Gasteiger partial charge on any atom is -0.493 e. The molecule has 1 N–H and O–H groups in total. The Balaban J connectivity index is 2.28. The Morgan fingerprint density at radius 1 is 1.14 bits per heavy atom. The number of benzene rings is 1. The van der Waals surface area contributed by atoms with Gasteiger partial charge in [0.25, 0.3) is 0 Å². The molecule has 2 unspecified atom stereocenters. The van der Waals surface area contributed by atoms with Crippen LogP contribution in [0.4, 0.5) is 0 Å². The van der Waals surface area contributed by atoms with E-state index in [1.807, 2.05) is 18.2 Å². The third-order valence-corrected chi connectivity index (χ3v) is 4.43. The highest BCUT2D eigenvalue weighted by Gasteiger charge is 2.27. The van der Waals surface area contributed by atoms with Crippen molar-refractivity contribution >= 4 is 5.97 Å². The van der Waals surface area contributed by atoms with E-state index in [4.69, 9.17) is 14.6 Å². The van der Waals surface area contributed by atoms with Gasteiger partial charge in [-0.25, -0.2) is 0 Å². The van der Waals surface area contributed by atoms with Gasteiger partial charge in [-0.3, -0.25) is 4.79 Å². The Morgan fingerprint density at radius 3 is 2.52 bits per heavy atom. The molecule has 0 aromatic heterocycles. The van der Waals surface area contributed by atoms with Gasteiger partial charge in [0.15, 0.2) is 11.5 Å². The molecule has 1 fully saturated rings. The van der Waals surface area contributed by atoms with Crippen LogP contribution in [0, 0.1) is 5.92 Å². The monoisotopic (exact) mass is 292 g/mol.